The third-order valence-electron chi connectivity index (χ3n) is 6.67. The molecule has 6 nitrogen and oxygen atoms in total. The van der Waals surface area contributed by atoms with Crippen molar-refractivity contribution in [3.63, 3.8) is 0 Å². The van der Waals surface area contributed by atoms with Crippen molar-refractivity contribution in [1.82, 2.24) is 19.6 Å². The number of carbonyl (C=O) groups is 1. The van der Waals surface area contributed by atoms with Gasteiger partial charge < -0.3 is 15.0 Å². The van der Waals surface area contributed by atoms with Gasteiger partial charge in [0.15, 0.2) is 4.96 Å². The fourth-order valence-electron chi connectivity index (χ4n) is 4.75. The summed E-state index contributed by atoms with van der Waals surface area (Å²) < 4.78 is 8.70. The van der Waals surface area contributed by atoms with Gasteiger partial charge in [-0.3, -0.25) is 9.20 Å². The molecule has 1 aliphatic heterocycles. The molecule has 0 unspecified atom stereocenters. The van der Waals surface area contributed by atoms with Crippen molar-refractivity contribution in [3.8, 4) is 17.0 Å². The van der Waals surface area contributed by atoms with Crippen molar-refractivity contribution in [2.75, 3.05) is 26.2 Å². The van der Waals surface area contributed by atoms with Crippen molar-refractivity contribution < 1.29 is 9.53 Å². The lowest BCUT2D eigenvalue weighted by atomic mass is 10.0. The maximum atomic E-state index is 12.7. The molecule has 3 heterocycles. The van der Waals surface area contributed by atoms with Crippen LogP contribution in [-0.2, 0) is 0 Å². The number of hydrogen-bond donors (Lipinski definition) is 1. The van der Waals surface area contributed by atoms with Gasteiger partial charge in [0.2, 0.25) is 0 Å². The van der Waals surface area contributed by atoms with Crippen LogP contribution in [-0.4, -0.2) is 52.5 Å². The van der Waals surface area contributed by atoms with E-state index in [-0.39, 0.29) is 5.91 Å². The standard InChI is InChI=1S/C27H32N4O2S/c1-3-33-22-11-8-20(9-12-22)23-18-31-24-13-10-21(17-25(24)34-27(31)29-23)26(32)28-14-6-16-30-15-5-4-7-19(30)2/h8-13,17-19H,3-7,14-16H2,1-2H3,(H,28,32)/t19-/m1/s1. The summed E-state index contributed by atoms with van der Waals surface area (Å²) in [5, 5.41) is 3.10. The molecule has 2 aromatic heterocycles. The van der Waals surface area contributed by atoms with Crippen molar-refractivity contribution in [1.29, 1.82) is 0 Å². The van der Waals surface area contributed by atoms with Crippen molar-refractivity contribution in [2.24, 2.45) is 0 Å². The molecule has 7 heteroatoms. The number of amides is 1. The first-order valence-corrected chi connectivity index (χ1v) is 13.1. The number of thiazole rings is 1. The highest BCUT2D eigenvalue weighted by Gasteiger charge is 2.17. The van der Waals surface area contributed by atoms with Gasteiger partial charge in [-0.05, 0) is 82.1 Å². The van der Waals surface area contributed by atoms with Crippen LogP contribution < -0.4 is 10.1 Å². The quantitative estimate of drug-likeness (QED) is 0.336. The Hall–Kier alpha value is -2.90. The molecule has 1 N–H and O–H groups in total. The summed E-state index contributed by atoms with van der Waals surface area (Å²) >= 11 is 1.61. The van der Waals surface area contributed by atoms with E-state index in [1.54, 1.807) is 11.3 Å². The fourth-order valence-corrected chi connectivity index (χ4v) is 5.79. The van der Waals surface area contributed by atoms with E-state index < -0.39 is 0 Å². The van der Waals surface area contributed by atoms with Gasteiger partial charge in [0.05, 0.1) is 22.5 Å². The van der Waals surface area contributed by atoms with Crippen LogP contribution >= 0.6 is 11.3 Å². The molecule has 4 aromatic rings. The minimum atomic E-state index is -0.00490. The lowest BCUT2D eigenvalue weighted by molar-refractivity contribution is 0.0949. The van der Waals surface area contributed by atoms with Gasteiger partial charge in [0.25, 0.3) is 5.91 Å². The number of ether oxygens (including phenoxy) is 1. The number of carbonyl (C=O) groups excluding carboxylic acids is 1. The Morgan fingerprint density at radius 3 is 2.85 bits per heavy atom. The molecule has 1 atom stereocenters. The SMILES string of the molecule is CCOc1ccc(-c2cn3c(n2)sc2cc(C(=O)NCCCN4CCCC[C@H]4C)ccc23)cc1. The fraction of sp³-hybridized carbons (Fsp3) is 0.407. The molecule has 1 fully saturated rings. The van der Waals surface area contributed by atoms with Crippen LogP contribution in [0.1, 0.15) is 49.9 Å². The van der Waals surface area contributed by atoms with Crippen molar-refractivity contribution >= 4 is 32.4 Å². The van der Waals surface area contributed by atoms with Gasteiger partial charge in [-0.2, -0.15) is 0 Å². The number of piperidine rings is 1. The molecule has 5 rings (SSSR count). The van der Waals surface area contributed by atoms with Crippen molar-refractivity contribution in [3.05, 3.63) is 54.2 Å². The van der Waals surface area contributed by atoms with Gasteiger partial charge >= 0.3 is 0 Å². The first-order valence-electron chi connectivity index (χ1n) is 12.3. The van der Waals surface area contributed by atoms with E-state index in [9.17, 15) is 4.79 Å². The van der Waals surface area contributed by atoms with Crippen LogP contribution in [0, 0.1) is 0 Å². The van der Waals surface area contributed by atoms with E-state index in [4.69, 9.17) is 9.72 Å². The van der Waals surface area contributed by atoms with E-state index >= 15 is 0 Å². The molecule has 1 aliphatic rings. The molecule has 2 aromatic carbocycles. The highest BCUT2D eigenvalue weighted by Crippen LogP contribution is 2.30. The normalized spacial score (nSPS) is 16.8. The van der Waals surface area contributed by atoms with E-state index in [0.717, 1.165) is 45.1 Å². The lowest BCUT2D eigenvalue weighted by Crippen LogP contribution is -2.39. The van der Waals surface area contributed by atoms with Gasteiger partial charge in [-0.15, -0.1) is 0 Å². The van der Waals surface area contributed by atoms with E-state index in [0.29, 0.717) is 24.8 Å². The molecule has 178 valence electrons. The van der Waals surface area contributed by atoms with Crippen LogP contribution in [0.3, 0.4) is 0 Å². The zero-order valence-corrected chi connectivity index (χ0v) is 20.7. The molecule has 0 saturated carbocycles. The molecule has 0 aliphatic carbocycles. The maximum Gasteiger partial charge on any atom is 0.251 e. The van der Waals surface area contributed by atoms with Crippen LogP contribution in [0.15, 0.2) is 48.7 Å². The molecular formula is C27H32N4O2S. The number of likely N-dealkylation sites (tertiary alicyclic amines) is 1. The van der Waals surface area contributed by atoms with Crippen LogP contribution in [0.5, 0.6) is 5.75 Å². The molecule has 1 amide bonds. The third-order valence-corrected chi connectivity index (χ3v) is 7.68. The second kappa shape index (κ2) is 10.2. The largest absolute Gasteiger partial charge is 0.494 e. The Balaban J connectivity index is 1.24. The zero-order valence-electron chi connectivity index (χ0n) is 19.9. The molecule has 0 bridgehead atoms. The topological polar surface area (TPSA) is 58.9 Å². The summed E-state index contributed by atoms with van der Waals surface area (Å²) in [5.41, 5.74) is 3.76. The van der Waals surface area contributed by atoms with Gasteiger partial charge in [-0.1, -0.05) is 17.8 Å². The van der Waals surface area contributed by atoms with Gasteiger partial charge in [0, 0.05) is 36.5 Å². The lowest BCUT2D eigenvalue weighted by Gasteiger charge is -2.33. The molecule has 0 spiro atoms. The molecule has 0 radical (unpaired) electrons. The van der Waals surface area contributed by atoms with E-state index in [2.05, 4.69) is 27.7 Å². The maximum absolute atomic E-state index is 12.7. The second-order valence-corrected chi connectivity index (χ2v) is 10.0. The Morgan fingerprint density at radius 1 is 1.21 bits per heavy atom. The monoisotopic (exact) mass is 476 g/mol. The number of aromatic nitrogens is 2. The number of benzene rings is 2. The average Bonchev–Trinajstić information content (AvgIpc) is 3.41. The Kier molecular flexibility index (Phi) is 6.83. The molecule has 34 heavy (non-hydrogen) atoms. The number of imidazole rings is 1. The summed E-state index contributed by atoms with van der Waals surface area (Å²) in [6, 6.07) is 14.6. The highest BCUT2D eigenvalue weighted by molar-refractivity contribution is 7.23. The number of nitrogens with zero attached hydrogens (tertiary/aromatic N) is 3. The van der Waals surface area contributed by atoms with Crippen LogP contribution in [0.2, 0.25) is 0 Å². The summed E-state index contributed by atoms with van der Waals surface area (Å²) in [7, 11) is 0. The smallest absolute Gasteiger partial charge is 0.251 e. The predicted molar refractivity (Wildman–Crippen MR) is 139 cm³/mol. The summed E-state index contributed by atoms with van der Waals surface area (Å²) in [5.74, 6) is 0.860. The number of rotatable bonds is 8. The van der Waals surface area contributed by atoms with Gasteiger partial charge in [0.1, 0.15) is 5.75 Å². The van der Waals surface area contributed by atoms with Gasteiger partial charge in [-0.25, -0.2) is 4.98 Å². The summed E-state index contributed by atoms with van der Waals surface area (Å²) in [6.45, 7) is 7.90. The third kappa shape index (κ3) is 4.81. The first-order chi connectivity index (χ1) is 16.6. The summed E-state index contributed by atoms with van der Waals surface area (Å²) in [6.07, 6.45) is 6.97. The number of fused-ring (bicyclic) bond motifs is 3. The minimum absolute atomic E-state index is 0.00490. The zero-order chi connectivity index (χ0) is 23.5. The molecular weight excluding hydrogens is 444 g/mol. The van der Waals surface area contributed by atoms with E-state index in [1.807, 2.05) is 49.4 Å². The highest BCUT2D eigenvalue weighted by atomic mass is 32.1. The molecule has 1 saturated heterocycles. The Bertz CT molecular complexity index is 1280. The minimum Gasteiger partial charge on any atom is -0.494 e. The van der Waals surface area contributed by atoms with Crippen LogP contribution in [0.4, 0.5) is 0 Å². The van der Waals surface area contributed by atoms with E-state index in [1.165, 1.54) is 25.8 Å². The second-order valence-electron chi connectivity index (χ2n) is 9.01. The predicted octanol–water partition coefficient (Wildman–Crippen LogP) is 5.61. The Morgan fingerprint density at radius 2 is 2.06 bits per heavy atom. The average molecular weight is 477 g/mol. The number of nitrogens with one attached hydrogen (secondary N) is 1. The van der Waals surface area contributed by atoms with Crippen molar-refractivity contribution in [2.45, 2.75) is 45.6 Å². The first kappa shape index (κ1) is 22.9. The number of hydrogen-bond acceptors (Lipinski definition) is 5. The Labute approximate surface area is 204 Å². The van der Waals surface area contributed by atoms with Crippen LogP contribution in [0.25, 0.3) is 26.4 Å². The summed E-state index contributed by atoms with van der Waals surface area (Å²) in [4.78, 5) is 21.0.